The van der Waals surface area contributed by atoms with Crippen molar-refractivity contribution in [3.05, 3.63) is 46.7 Å². The molecule has 0 radical (unpaired) electrons. The van der Waals surface area contributed by atoms with Gasteiger partial charge >= 0.3 is 6.09 Å². The van der Waals surface area contributed by atoms with E-state index in [9.17, 15) is 20.6 Å². The molecule has 1 saturated heterocycles. The fourth-order valence-electron chi connectivity index (χ4n) is 5.75. The number of hydrogen-bond acceptors (Lipinski definition) is 10. The molecule has 42 heavy (non-hydrogen) atoms. The molecule has 0 saturated carbocycles. The van der Waals surface area contributed by atoms with Crippen LogP contribution in [0.1, 0.15) is 39.2 Å². The second-order valence-electron chi connectivity index (χ2n) is 11.5. The van der Waals surface area contributed by atoms with Crippen molar-refractivity contribution in [1.82, 2.24) is 9.80 Å². The molecule has 0 unspecified atom stereocenters. The largest absolute Gasteiger partial charge is 0.490 e. The van der Waals surface area contributed by atoms with E-state index in [1.807, 2.05) is 6.92 Å². The summed E-state index contributed by atoms with van der Waals surface area (Å²) in [4.78, 5) is 16.8. The molecule has 1 fully saturated rings. The van der Waals surface area contributed by atoms with Gasteiger partial charge in [-0.3, -0.25) is 4.90 Å². The van der Waals surface area contributed by atoms with Gasteiger partial charge in [-0.25, -0.2) is 4.79 Å². The van der Waals surface area contributed by atoms with E-state index in [1.54, 1.807) is 45.0 Å². The van der Waals surface area contributed by atoms with Crippen molar-refractivity contribution < 1.29 is 23.7 Å². The number of nitrogens with two attached hydrogens (primary N) is 1. The average Bonchev–Trinajstić information content (AvgIpc) is 2.97. The first-order chi connectivity index (χ1) is 20.1. The van der Waals surface area contributed by atoms with Crippen molar-refractivity contribution in [2.24, 2.45) is 17.1 Å². The molecular formula is C31H38N6O5. The number of ether oxygens (including phenoxy) is 4. The standard InChI is InChI=1S/C31H38N6O5/c1-5-40-26-16-21(6-7-25(26)41-15-12-36-10-13-39-14-11-36)27-24-18-37(29(38)42-30(2,3)4)9-8-22(24)23(17-32)28(35)31(27,19-33)20-34/h6-8,16,24,27H,5,9-15,18,35H2,1-4H3/t24-,27-/m0/s1. The lowest BCUT2D eigenvalue weighted by atomic mass is 9.58. The summed E-state index contributed by atoms with van der Waals surface area (Å²) in [5, 5.41) is 30.9. The number of carbonyl (C=O) groups excluding carboxylic acids is 1. The number of hydrogen-bond donors (Lipinski definition) is 1. The number of allylic oxidation sites excluding steroid dienone is 2. The van der Waals surface area contributed by atoms with Gasteiger partial charge in [0.1, 0.15) is 18.3 Å². The van der Waals surface area contributed by atoms with E-state index in [1.165, 1.54) is 4.90 Å². The van der Waals surface area contributed by atoms with Crippen LogP contribution >= 0.6 is 0 Å². The fraction of sp³-hybridized carbons (Fsp3) is 0.548. The Hall–Kier alpha value is -4.24. The number of carbonyl (C=O) groups is 1. The van der Waals surface area contributed by atoms with Crippen LogP contribution < -0.4 is 15.2 Å². The number of nitrogens with zero attached hydrogens (tertiary/aromatic N) is 5. The van der Waals surface area contributed by atoms with E-state index in [4.69, 9.17) is 24.7 Å². The summed E-state index contributed by atoms with van der Waals surface area (Å²) in [7, 11) is 0. The highest BCUT2D eigenvalue weighted by atomic mass is 16.6. The number of nitriles is 3. The lowest BCUT2D eigenvalue weighted by molar-refractivity contribution is 0.0224. The molecule has 0 aromatic heterocycles. The predicted molar refractivity (Wildman–Crippen MR) is 153 cm³/mol. The minimum Gasteiger partial charge on any atom is -0.490 e. The van der Waals surface area contributed by atoms with Crippen LogP contribution in [0.25, 0.3) is 0 Å². The molecule has 2 aliphatic heterocycles. The Bertz CT molecular complexity index is 1360. The third-order valence-electron chi connectivity index (χ3n) is 7.71. The maximum Gasteiger partial charge on any atom is 0.410 e. The third kappa shape index (κ3) is 6.16. The summed E-state index contributed by atoms with van der Waals surface area (Å²) in [5.74, 6) is -0.362. The Morgan fingerprint density at radius 2 is 1.86 bits per heavy atom. The molecule has 11 nitrogen and oxygen atoms in total. The second-order valence-corrected chi connectivity index (χ2v) is 11.5. The summed E-state index contributed by atoms with van der Waals surface area (Å²) in [5.41, 5.74) is 5.15. The van der Waals surface area contributed by atoms with Crippen molar-refractivity contribution in [2.45, 2.75) is 39.2 Å². The molecule has 1 aliphatic carbocycles. The molecule has 0 bridgehead atoms. The van der Waals surface area contributed by atoms with E-state index in [0.29, 0.717) is 49.1 Å². The molecule has 0 spiro atoms. The van der Waals surface area contributed by atoms with Crippen LogP contribution in [0.5, 0.6) is 11.5 Å². The highest BCUT2D eigenvalue weighted by Gasteiger charge is 2.55. The number of benzene rings is 1. The van der Waals surface area contributed by atoms with E-state index < -0.39 is 28.9 Å². The Morgan fingerprint density at radius 1 is 1.14 bits per heavy atom. The zero-order valence-electron chi connectivity index (χ0n) is 24.7. The molecule has 2 heterocycles. The molecule has 3 aliphatic rings. The molecule has 2 N–H and O–H groups in total. The van der Waals surface area contributed by atoms with Gasteiger partial charge in [0.25, 0.3) is 0 Å². The van der Waals surface area contributed by atoms with Crippen LogP contribution in [0.15, 0.2) is 41.1 Å². The van der Waals surface area contributed by atoms with Crippen LogP contribution in [-0.2, 0) is 9.47 Å². The van der Waals surface area contributed by atoms with Gasteiger partial charge < -0.3 is 29.6 Å². The van der Waals surface area contributed by atoms with Crippen molar-refractivity contribution in [3.63, 3.8) is 0 Å². The van der Waals surface area contributed by atoms with E-state index in [0.717, 1.165) is 19.6 Å². The van der Waals surface area contributed by atoms with Crippen molar-refractivity contribution in [1.29, 1.82) is 15.8 Å². The molecular weight excluding hydrogens is 536 g/mol. The first kappa shape index (κ1) is 30.7. The van der Waals surface area contributed by atoms with Crippen LogP contribution in [-0.4, -0.2) is 80.6 Å². The van der Waals surface area contributed by atoms with Crippen molar-refractivity contribution >= 4 is 6.09 Å². The first-order valence-corrected chi connectivity index (χ1v) is 14.2. The number of morpholine rings is 1. The minimum atomic E-state index is -1.85. The molecule has 11 heteroatoms. The quantitative estimate of drug-likeness (QED) is 0.511. The second kappa shape index (κ2) is 12.7. The summed E-state index contributed by atoms with van der Waals surface area (Å²) in [6, 6.07) is 11.7. The Balaban J connectivity index is 1.73. The smallest absolute Gasteiger partial charge is 0.410 e. The normalized spacial score (nSPS) is 22.1. The highest BCUT2D eigenvalue weighted by molar-refractivity contribution is 5.70. The van der Waals surface area contributed by atoms with Crippen LogP contribution in [0.2, 0.25) is 0 Å². The molecule has 1 aromatic carbocycles. The maximum atomic E-state index is 13.0. The van der Waals surface area contributed by atoms with Gasteiger partial charge in [0, 0.05) is 44.6 Å². The fourth-order valence-corrected chi connectivity index (χ4v) is 5.75. The van der Waals surface area contributed by atoms with Gasteiger partial charge in [0.05, 0.1) is 43.2 Å². The molecule has 2 atom stereocenters. The summed E-state index contributed by atoms with van der Waals surface area (Å²) in [6.07, 6.45) is 1.25. The third-order valence-corrected chi connectivity index (χ3v) is 7.71. The van der Waals surface area contributed by atoms with E-state index in [-0.39, 0.29) is 24.4 Å². The van der Waals surface area contributed by atoms with Gasteiger partial charge in [-0.2, -0.15) is 15.8 Å². The predicted octanol–water partition coefficient (Wildman–Crippen LogP) is 3.46. The Labute approximate surface area is 247 Å². The lowest BCUT2D eigenvalue weighted by Gasteiger charge is -2.45. The van der Waals surface area contributed by atoms with Gasteiger partial charge in [-0.05, 0) is 51.0 Å². The minimum absolute atomic E-state index is 0.0861. The topological polar surface area (TPSA) is 158 Å². The van der Waals surface area contributed by atoms with Gasteiger partial charge in [0.2, 0.25) is 0 Å². The monoisotopic (exact) mass is 574 g/mol. The van der Waals surface area contributed by atoms with Crippen LogP contribution in [0.4, 0.5) is 4.79 Å². The van der Waals surface area contributed by atoms with Crippen molar-refractivity contribution in [2.75, 3.05) is 59.2 Å². The first-order valence-electron chi connectivity index (χ1n) is 14.2. The molecule has 4 rings (SSSR count). The zero-order valence-corrected chi connectivity index (χ0v) is 24.7. The average molecular weight is 575 g/mol. The summed E-state index contributed by atoms with van der Waals surface area (Å²) in [6.45, 7) is 12.2. The zero-order chi connectivity index (χ0) is 30.5. The number of amides is 1. The lowest BCUT2D eigenvalue weighted by Crippen LogP contribution is -2.50. The Kier molecular flexibility index (Phi) is 9.31. The van der Waals surface area contributed by atoms with Gasteiger partial charge in [0.15, 0.2) is 16.9 Å². The van der Waals surface area contributed by atoms with Gasteiger partial charge in [-0.15, -0.1) is 0 Å². The maximum absolute atomic E-state index is 13.0. The van der Waals surface area contributed by atoms with Gasteiger partial charge in [-0.1, -0.05) is 12.1 Å². The summed E-state index contributed by atoms with van der Waals surface area (Å²) < 4.78 is 23.1. The summed E-state index contributed by atoms with van der Waals surface area (Å²) >= 11 is 0. The Morgan fingerprint density at radius 3 is 2.48 bits per heavy atom. The molecule has 222 valence electrons. The molecule has 1 aromatic rings. The van der Waals surface area contributed by atoms with Crippen LogP contribution in [0, 0.1) is 45.3 Å². The highest BCUT2D eigenvalue weighted by Crippen LogP contribution is 2.55. The SMILES string of the molecule is CCOc1cc([C@H]2[C@H]3CN(C(=O)OC(C)(C)C)CC=C3C(C#N)=C(N)C2(C#N)C#N)ccc1OCCN1CCOCC1. The van der Waals surface area contributed by atoms with Crippen molar-refractivity contribution in [3.8, 4) is 29.7 Å². The van der Waals surface area contributed by atoms with E-state index >= 15 is 0 Å². The van der Waals surface area contributed by atoms with Crippen LogP contribution in [0.3, 0.4) is 0 Å². The number of rotatable bonds is 7. The van der Waals surface area contributed by atoms with E-state index in [2.05, 4.69) is 23.1 Å². The molecule has 1 amide bonds. The number of fused-ring (bicyclic) bond motifs is 1.